The second kappa shape index (κ2) is 6.87. The van der Waals surface area contributed by atoms with E-state index in [1.807, 2.05) is 13.0 Å². The Morgan fingerprint density at radius 1 is 1.61 bits per heavy atom. The monoisotopic (exact) mass is 266 g/mol. The molecule has 0 radical (unpaired) electrons. The van der Waals surface area contributed by atoms with Crippen LogP contribution in [0.15, 0.2) is 15.9 Å². The second-order valence-electron chi connectivity index (χ2n) is 3.64. The van der Waals surface area contributed by atoms with Crippen LogP contribution in [-0.4, -0.2) is 23.3 Å². The zero-order chi connectivity index (χ0) is 13.5. The summed E-state index contributed by atoms with van der Waals surface area (Å²) < 4.78 is 4.91. The van der Waals surface area contributed by atoms with Crippen molar-refractivity contribution < 1.29 is 9.53 Å². The van der Waals surface area contributed by atoms with Crippen molar-refractivity contribution in [3.05, 3.63) is 27.5 Å². The highest BCUT2D eigenvalue weighted by molar-refractivity contribution is 7.99. The summed E-state index contributed by atoms with van der Waals surface area (Å²) in [5.41, 5.74) is 0.712. The topological polar surface area (TPSA) is 83.0 Å². The third-order valence-corrected chi connectivity index (χ3v) is 3.09. The molecular weight excluding hydrogens is 252 g/mol. The number of H-pyrrole nitrogens is 1. The molecule has 1 rings (SSSR count). The highest BCUT2D eigenvalue weighted by Crippen LogP contribution is 2.20. The summed E-state index contributed by atoms with van der Waals surface area (Å²) in [6.07, 6.45) is 0.765. The number of rotatable bonds is 5. The number of aromatic nitrogens is 1. The van der Waals surface area contributed by atoms with E-state index in [0.29, 0.717) is 22.8 Å². The number of ether oxygens (including phenoxy) is 1. The fourth-order valence-corrected chi connectivity index (χ4v) is 2.16. The standard InChI is InChI=1S/C12H14N2O3S/c1-3-4-17-11(16)7-18-12-9(6-13)8(2)5-10(15)14-12/h5H,3-4,7H2,1-2H3,(H,14,15). The molecule has 0 aliphatic rings. The summed E-state index contributed by atoms with van der Waals surface area (Å²) in [6, 6.07) is 3.37. The number of thioether (sulfide) groups is 1. The van der Waals surface area contributed by atoms with Crippen LogP contribution in [0.25, 0.3) is 0 Å². The van der Waals surface area contributed by atoms with E-state index in [9.17, 15) is 9.59 Å². The number of nitriles is 1. The van der Waals surface area contributed by atoms with Gasteiger partial charge in [0.05, 0.1) is 22.9 Å². The Morgan fingerprint density at radius 3 is 2.94 bits per heavy atom. The van der Waals surface area contributed by atoms with Crippen molar-refractivity contribution in [1.82, 2.24) is 4.98 Å². The zero-order valence-electron chi connectivity index (χ0n) is 10.3. The second-order valence-corrected chi connectivity index (χ2v) is 4.63. The molecule has 0 aliphatic carbocycles. The number of esters is 1. The number of hydrogen-bond acceptors (Lipinski definition) is 5. The van der Waals surface area contributed by atoms with Crippen LogP contribution in [0.2, 0.25) is 0 Å². The quantitative estimate of drug-likeness (QED) is 0.646. The summed E-state index contributed by atoms with van der Waals surface area (Å²) in [6.45, 7) is 3.98. The van der Waals surface area contributed by atoms with E-state index in [1.54, 1.807) is 6.92 Å². The Kier molecular flexibility index (Phi) is 5.46. The number of nitrogens with zero attached hydrogens (tertiary/aromatic N) is 1. The van der Waals surface area contributed by atoms with E-state index in [0.717, 1.165) is 18.2 Å². The molecule has 1 N–H and O–H groups in total. The molecule has 0 aromatic carbocycles. The molecule has 18 heavy (non-hydrogen) atoms. The van der Waals surface area contributed by atoms with Crippen LogP contribution in [0.5, 0.6) is 0 Å². The van der Waals surface area contributed by atoms with Gasteiger partial charge in [0.2, 0.25) is 5.56 Å². The van der Waals surface area contributed by atoms with E-state index >= 15 is 0 Å². The van der Waals surface area contributed by atoms with Crippen LogP contribution >= 0.6 is 11.8 Å². The number of aromatic amines is 1. The van der Waals surface area contributed by atoms with E-state index in [1.165, 1.54) is 6.07 Å². The summed E-state index contributed by atoms with van der Waals surface area (Å²) in [4.78, 5) is 25.2. The van der Waals surface area contributed by atoms with Gasteiger partial charge in [-0.05, 0) is 18.9 Å². The molecule has 0 atom stereocenters. The van der Waals surface area contributed by atoms with Crippen LogP contribution in [0.4, 0.5) is 0 Å². The Hall–Kier alpha value is -1.74. The molecule has 1 aromatic heterocycles. The van der Waals surface area contributed by atoms with Crippen molar-refractivity contribution in [1.29, 1.82) is 5.26 Å². The first kappa shape index (κ1) is 14.3. The van der Waals surface area contributed by atoms with Gasteiger partial charge in [-0.3, -0.25) is 9.59 Å². The normalized spacial score (nSPS) is 9.83. The van der Waals surface area contributed by atoms with Crippen molar-refractivity contribution in [2.75, 3.05) is 12.4 Å². The van der Waals surface area contributed by atoms with Gasteiger partial charge < -0.3 is 9.72 Å². The van der Waals surface area contributed by atoms with Gasteiger partial charge in [-0.25, -0.2) is 0 Å². The Labute approximate surface area is 109 Å². The minimum atomic E-state index is -0.354. The van der Waals surface area contributed by atoms with Gasteiger partial charge in [0.1, 0.15) is 6.07 Å². The lowest BCUT2D eigenvalue weighted by Gasteiger charge is -2.06. The lowest BCUT2D eigenvalue weighted by Crippen LogP contribution is -2.11. The predicted octanol–water partition coefficient (Wildman–Crippen LogP) is 1.60. The minimum Gasteiger partial charge on any atom is -0.465 e. The Bertz CT molecular complexity index is 531. The van der Waals surface area contributed by atoms with Crippen LogP contribution in [-0.2, 0) is 9.53 Å². The third kappa shape index (κ3) is 3.93. The number of pyridine rings is 1. The maximum Gasteiger partial charge on any atom is 0.316 e. The smallest absolute Gasteiger partial charge is 0.316 e. The van der Waals surface area contributed by atoms with Crippen molar-refractivity contribution >= 4 is 17.7 Å². The molecule has 0 saturated carbocycles. The third-order valence-electron chi connectivity index (χ3n) is 2.12. The van der Waals surface area contributed by atoms with Crippen LogP contribution < -0.4 is 5.56 Å². The van der Waals surface area contributed by atoms with Gasteiger partial charge in [-0.1, -0.05) is 18.7 Å². The summed E-state index contributed by atoms with van der Waals surface area (Å²) in [5.74, 6) is -0.276. The molecule has 1 aromatic rings. The van der Waals surface area contributed by atoms with Crippen molar-refractivity contribution in [2.24, 2.45) is 0 Å². The van der Waals surface area contributed by atoms with E-state index in [4.69, 9.17) is 10.00 Å². The SMILES string of the molecule is CCCOC(=O)CSc1[nH]c(=O)cc(C)c1C#N. The number of hydrogen-bond donors (Lipinski definition) is 1. The lowest BCUT2D eigenvalue weighted by atomic mass is 10.2. The lowest BCUT2D eigenvalue weighted by molar-refractivity contribution is -0.140. The van der Waals surface area contributed by atoms with E-state index in [-0.39, 0.29) is 17.3 Å². The molecule has 0 unspecified atom stereocenters. The van der Waals surface area contributed by atoms with Crippen molar-refractivity contribution in [3.8, 4) is 6.07 Å². The van der Waals surface area contributed by atoms with Crippen LogP contribution in [0.1, 0.15) is 24.5 Å². The van der Waals surface area contributed by atoms with Gasteiger partial charge in [0.25, 0.3) is 0 Å². The number of aryl methyl sites for hydroxylation is 1. The first-order valence-electron chi connectivity index (χ1n) is 5.51. The number of carbonyl (C=O) groups is 1. The maximum atomic E-state index is 11.3. The van der Waals surface area contributed by atoms with E-state index < -0.39 is 0 Å². The average Bonchev–Trinajstić information content (AvgIpc) is 2.33. The maximum absolute atomic E-state index is 11.3. The molecule has 96 valence electrons. The van der Waals surface area contributed by atoms with Gasteiger partial charge in [-0.15, -0.1) is 0 Å². The Morgan fingerprint density at radius 2 is 2.33 bits per heavy atom. The summed E-state index contributed by atoms with van der Waals surface area (Å²) in [5, 5.41) is 9.41. The highest BCUT2D eigenvalue weighted by atomic mass is 32.2. The molecule has 1 heterocycles. The van der Waals surface area contributed by atoms with Gasteiger partial charge in [0, 0.05) is 6.07 Å². The molecule has 0 amide bonds. The minimum absolute atomic E-state index is 0.0775. The number of carbonyl (C=O) groups excluding carboxylic acids is 1. The van der Waals surface area contributed by atoms with Crippen LogP contribution in [0.3, 0.4) is 0 Å². The first-order chi connectivity index (χ1) is 8.58. The van der Waals surface area contributed by atoms with Gasteiger partial charge >= 0.3 is 5.97 Å². The predicted molar refractivity (Wildman–Crippen MR) is 68.5 cm³/mol. The molecule has 0 fully saturated rings. The average molecular weight is 266 g/mol. The largest absolute Gasteiger partial charge is 0.465 e. The zero-order valence-corrected chi connectivity index (χ0v) is 11.1. The van der Waals surface area contributed by atoms with Crippen LogP contribution in [0, 0.1) is 18.3 Å². The highest BCUT2D eigenvalue weighted by Gasteiger charge is 2.11. The van der Waals surface area contributed by atoms with Gasteiger partial charge in [0.15, 0.2) is 0 Å². The Balaban J connectivity index is 2.76. The molecule has 5 nitrogen and oxygen atoms in total. The first-order valence-corrected chi connectivity index (χ1v) is 6.49. The van der Waals surface area contributed by atoms with Crippen molar-refractivity contribution in [3.63, 3.8) is 0 Å². The molecular formula is C12H14N2O3S. The van der Waals surface area contributed by atoms with Gasteiger partial charge in [-0.2, -0.15) is 5.26 Å². The molecule has 0 bridgehead atoms. The molecule has 0 saturated heterocycles. The summed E-state index contributed by atoms with van der Waals surface area (Å²) in [7, 11) is 0. The fourth-order valence-electron chi connectivity index (χ4n) is 1.29. The van der Waals surface area contributed by atoms with Crippen molar-refractivity contribution in [2.45, 2.75) is 25.3 Å². The fraction of sp³-hybridized carbons (Fsp3) is 0.417. The molecule has 6 heteroatoms. The van der Waals surface area contributed by atoms with E-state index in [2.05, 4.69) is 4.98 Å². The summed E-state index contributed by atoms with van der Waals surface area (Å²) >= 11 is 1.11. The number of nitrogens with one attached hydrogen (secondary N) is 1. The molecule has 0 aliphatic heterocycles. The molecule has 0 spiro atoms.